The Hall–Kier alpha value is -3.23. The number of carbonyl (C=O) groups is 1. The van der Waals surface area contributed by atoms with Crippen molar-refractivity contribution in [2.45, 2.75) is 23.2 Å². The Kier molecular flexibility index (Phi) is 6.10. The third-order valence-electron chi connectivity index (χ3n) is 6.11. The van der Waals surface area contributed by atoms with Crippen molar-refractivity contribution in [1.82, 2.24) is 10.2 Å². The van der Waals surface area contributed by atoms with Crippen molar-refractivity contribution >= 4 is 39.1 Å². The maximum absolute atomic E-state index is 13.4. The number of sulfonamides is 1. The number of nitrogens with one attached hydrogen (secondary N) is 1. The fraction of sp³-hybridized carbons (Fsp3) is 0.192. The van der Waals surface area contributed by atoms with Gasteiger partial charge in [0.15, 0.2) is 5.50 Å². The normalized spacial score (nSPS) is 17.5. The number of carbonyl (C=O) groups excluding carboxylic acids is 1. The zero-order valence-corrected chi connectivity index (χ0v) is 20.4. The average Bonchev–Trinajstić information content (AvgIpc) is 3.38. The van der Waals surface area contributed by atoms with Crippen LogP contribution in [0.2, 0.25) is 0 Å². The van der Waals surface area contributed by atoms with Crippen molar-refractivity contribution < 1.29 is 13.2 Å². The molecule has 5 rings (SSSR count). The molecule has 1 unspecified atom stereocenters. The molecule has 1 amide bonds. The molecule has 0 radical (unpaired) electrons. The first-order valence-corrected chi connectivity index (χ1v) is 13.5. The second-order valence-corrected chi connectivity index (χ2v) is 11.1. The smallest absolute Gasteiger partial charge is 0.264 e. The van der Waals surface area contributed by atoms with Gasteiger partial charge in [0.25, 0.3) is 15.9 Å². The van der Waals surface area contributed by atoms with Gasteiger partial charge >= 0.3 is 0 Å². The molecular weight excluding hydrogens is 466 g/mol. The lowest BCUT2D eigenvalue weighted by Crippen LogP contribution is -2.41. The molecule has 1 atom stereocenters. The van der Waals surface area contributed by atoms with Crippen LogP contribution in [0.4, 0.5) is 5.69 Å². The van der Waals surface area contributed by atoms with E-state index in [-0.39, 0.29) is 16.3 Å². The van der Waals surface area contributed by atoms with E-state index in [1.165, 1.54) is 28.2 Å². The fourth-order valence-electron chi connectivity index (χ4n) is 4.25. The number of fused-ring (bicyclic) bond motifs is 1. The van der Waals surface area contributed by atoms with E-state index < -0.39 is 10.0 Å². The summed E-state index contributed by atoms with van der Waals surface area (Å²) in [6.07, 6.45) is 1.65. The van der Waals surface area contributed by atoms with E-state index in [0.29, 0.717) is 12.1 Å². The molecule has 0 aromatic heterocycles. The van der Waals surface area contributed by atoms with E-state index in [4.69, 9.17) is 0 Å². The van der Waals surface area contributed by atoms with E-state index in [2.05, 4.69) is 5.32 Å². The van der Waals surface area contributed by atoms with E-state index in [9.17, 15) is 13.2 Å². The molecule has 0 fully saturated rings. The lowest BCUT2D eigenvalue weighted by molar-refractivity contribution is 0.0774. The summed E-state index contributed by atoms with van der Waals surface area (Å²) < 4.78 is 28.2. The van der Waals surface area contributed by atoms with Crippen molar-refractivity contribution in [2.75, 3.05) is 17.9 Å². The zero-order chi connectivity index (χ0) is 23.7. The molecule has 3 aromatic rings. The molecule has 2 aliphatic rings. The monoisotopic (exact) mass is 491 g/mol. The molecule has 0 spiro atoms. The van der Waals surface area contributed by atoms with E-state index in [0.717, 1.165) is 35.4 Å². The summed E-state index contributed by atoms with van der Waals surface area (Å²) in [6, 6.07) is 23.8. The minimum Gasteiger partial charge on any atom is -0.355 e. The second kappa shape index (κ2) is 9.19. The predicted molar refractivity (Wildman–Crippen MR) is 137 cm³/mol. The van der Waals surface area contributed by atoms with Gasteiger partial charge in [0.05, 0.1) is 16.3 Å². The number of hydrogen-bond acceptors (Lipinski definition) is 5. The van der Waals surface area contributed by atoms with Crippen LogP contribution in [0.15, 0.2) is 89.2 Å². The molecule has 2 aliphatic heterocycles. The summed E-state index contributed by atoms with van der Waals surface area (Å²) in [5.74, 6) is -0.181. The first kappa shape index (κ1) is 22.6. The van der Waals surface area contributed by atoms with E-state index >= 15 is 0 Å². The second-order valence-electron chi connectivity index (χ2n) is 8.28. The van der Waals surface area contributed by atoms with Gasteiger partial charge in [0, 0.05) is 19.2 Å². The number of para-hydroxylation sites is 1. The van der Waals surface area contributed by atoms with Gasteiger partial charge in [-0.25, -0.2) is 8.42 Å². The van der Waals surface area contributed by atoms with Crippen LogP contribution in [-0.4, -0.2) is 38.3 Å². The van der Waals surface area contributed by atoms with Gasteiger partial charge in [0.2, 0.25) is 0 Å². The maximum atomic E-state index is 13.4. The molecule has 0 saturated heterocycles. The highest BCUT2D eigenvalue weighted by Gasteiger charge is 2.30. The van der Waals surface area contributed by atoms with Crippen molar-refractivity contribution in [1.29, 1.82) is 0 Å². The van der Waals surface area contributed by atoms with Crippen LogP contribution >= 0.6 is 11.8 Å². The molecule has 34 heavy (non-hydrogen) atoms. The Morgan fingerprint density at radius 3 is 2.47 bits per heavy atom. The van der Waals surface area contributed by atoms with Crippen LogP contribution in [0.5, 0.6) is 0 Å². The average molecular weight is 492 g/mol. The number of nitrogens with zero attached hydrogens (tertiary/aromatic N) is 2. The third-order valence-corrected chi connectivity index (χ3v) is 9.00. The minimum atomic E-state index is -3.71. The topological polar surface area (TPSA) is 69.7 Å². The minimum absolute atomic E-state index is 0.181. The summed E-state index contributed by atoms with van der Waals surface area (Å²) in [6.45, 7) is 0.448. The molecule has 8 heteroatoms. The summed E-state index contributed by atoms with van der Waals surface area (Å²) >= 11 is 1.53. The molecule has 1 N–H and O–H groups in total. The van der Waals surface area contributed by atoms with E-state index in [1.807, 2.05) is 60.0 Å². The largest absolute Gasteiger partial charge is 0.355 e. The molecule has 6 nitrogen and oxygen atoms in total. The van der Waals surface area contributed by atoms with Crippen LogP contribution in [0.3, 0.4) is 0 Å². The van der Waals surface area contributed by atoms with E-state index in [1.54, 1.807) is 24.1 Å². The summed E-state index contributed by atoms with van der Waals surface area (Å²) in [5.41, 5.74) is 4.01. The van der Waals surface area contributed by atoms with Crippen LogP contribution in [0.25, 0.3) is 5.70 Å². The SMILES string of the molecule is CN(C(=O)c1ccc(S(=O)(=O)N2CCCc3ccccc32)cc1)C1NC(c2ccccc2)=CS1. The van der Waals surface area contributed by atoms with Crippen molar-refractivity contribution in [2.24, 2.45) is 0 Å². The molecule has 0 aliphatic carbocycles. The Balaban J connectivity index is 1.30. The maximum Gasteiger partial charge on any atom is 0.264 e. The number of aryl methyl sites for hydroxylation is 1. The number of thioether (sulfide) groups is 1. The molecule has 2 heterocycles. The predicted octanol–water partition coefficient (Wildman–Crippen LogP) is 4.52. The van der Waals surface area contributed by atoms with Gasteiger partial charge in [-0.05, 0) is 59.7 Å². The van der Waals surface area contributed by atoms with Crippen LogP contribution in [0, 0.1) is 0 Å². The number of rotatable bonds is 5. The lowest BCUT2D eigenvalue weighted by atomic mass is 10.0. The fourth-order valence-corrected chi connectivity index (χ4v) is 6.73. The highest BCUT2D eigenvalue weighted by molar-refractivity contribution is 8.03. The van der Waals surface area contributed by atoms with Gasteiger partial charge in [-0.1, -0.05) is 60.3 Å². The third kappa shape index (κ3) is 4.19. The highest BCUT2D eigenvalue weighted by atomic mass is 32.2. The van der Waals surface area contributed by atoms with Crippen molar-refractivity contribution in [3.8, 4) is 0 Å². The first-order valence-electron chi connectivity index (χ1n) is 11.1. The standard InChI is InChI=1S/C26H25N3O3S2/c1-28(26-27-23(18-33-26)19-8-3-2-4-9-19)25(30)21-13-15-22(16-14-21)34(31,32)29-17-7-11-20-10-5-6-12-24(20)29/h2-6,8-10,12-16,18,26-27H,7,11,17H2,1H3. The summed E-state index contributed by atoms with van der Waals surface area (Å²) in [4.78, 5) is 14.9. The summed E-state index contributed by atoms with van der Waals surface area (Å²) in [7, 11) is -1.97. The van der Waals surface area contributed by atoms with Crippen LogP contribution in [0.1, 0.15) is 27.9 Å². The van der Waals surface area contributed by atoms with Gasteiger partial charge < -0.3 is 10.2 Å². The number of anilines is 1. The molecule has 0 saturated carbocycles. The van der Waals surface area contributed by atoms with Crippen molar-refractivity contribution in [3.05, 3.63) is 101 Å². The zero-order valence-electron chi connectivity index (χ0n) is 18.7. The van der Waals surface area contributed by atoms with Gasteiger partial charge in [-0.3, -0.25) is 9.10 Å². The van der Waals surface area contributed by atoms with Gasteiger partial charge in [-0.2, -0.15) is 0 Å². The summed E-state index contributed by atoms with van der Waals surface area (Å²) in [5, 5.41) is 5.38. The van der Waals surface area contributed by atoms with Crippen LogP contribution in [-0.2, 0) is 16.4 Å². The van der Waals surface area contributed by atoms with Crippen LogP contribution < -0.4 is 9.62 Å². The van der Waals surface area contributed by atoms with Crippen molar-refractivity contribution in [3.63, 3.8) is 0 Å². The Labute approximate surface area is 204 Å². The molecule has 0 bridgehead atoms. The quantitative estimate of drug-likeness (QED) is 0.568. The Bertz CT molecular complexity index is 1340. The Morgan fingerprint density at radius 1 is 1.00 bits per heavy atom. The molecule has 3 aromatic carbocycles. The first-order chi connectivity index (χ1) is 16.4. The van der Waals surface area contributed by atoms with Gasteiger partial charge in [-0.15, -0.1) is 0 Å². The molecule has 174 valence electrons. The number of hydrogen-bond donors (Lipinski definition) is 1. The number of benzene rings is 3. The molecular formula is C26H25N3O3S2. The Morgan fingerprint density at radius 2 is 1.71 bits per heavy atom. The van der Waals surface area contributed by atoms with Gasteiger partial charge in [0.1, 0.15) is 0 Å². The lowest BCUT2D eigenvalue weighted by Gasteiger charge is -2.30. The number of amides is 1. The highest BCUT2D eigenvalue weighted by Crippen LogP contribution is 2.32.